The quantitative estimate of drug-likeness (QED) is 0.648. The van der Waals surface area contributed by atoms with Crippen molar-refractivity contribution >= 4 is 6.09 Å². The first-order valence-corrected chi connectivity index (χ1v) is 10.3. The van der Waals surface area contributed by atoms with E-state index >= 15 is 0 Å². The molecular weight excluding hydrogens is 420 g/mol. The number of nitriles is 1. The van der Waals surface area contributed by atoms with Gasteiger partial charge in [0.2, 0.25) is 0 Å². The molecule has 32 heavy (non-hydrogen) atoms. The van der Waals surface area contributed by atoms with Crippen LogP contribution >= 0.6 is 0 Å². The van der Waals surface area contributed by atoms with E-state index in [9.17, 15) is 13.6 Å². The van der Waals surface area contributed by atoms with E-state index in [1.807, 2.05) is 6.07 Å². The number of hydrogen-bond acceptors (Lipinski definition) is 6. The maximum atomic E-state index is 14.4. The highest BCUT2D eigenvalue weighted by Gasteiger charge is 2.32. The summed E-state index contributed by atoms with van der Waals surface area (Å²) in [6.45, 7) is 5.63. The fraction of sp³-hybridized carbons (Fsp3) is 0.435. The molecule has 1 aliphatic rings. The van der Waals surface area contributed by atoms with Gasteiger partial charge < -0.3 is 14.2 Å². The van der Waals surface area contributed by atoms with Gasteiger partial charge in [0.15, 0.2) is 29.4 Å². The van der Waals surface area contributed by atoms with Crippen molar-refractivity contribution in [1.82, 2.24) is 9.88 Å². The van der Waals surface area contributed by atoms with E-state index in [0.29, 0.717) is 18.7 Å². The summed E-state index contributed by atoms with van der Waals surface area (Å²) < 4.78 is 45.1. The molecule has 0 saturated carbocycles. The number of benzene rings is 1. The number of rotatable bonds is 5. The number of carbonyl (C=O) groups is 1. The van der Waals surface area contributed by atoms with Crippen molar-refractivity contribution in [2.45, 2.75) is 58.5 Å². The number of amides is 1. The highest BCUT2D eigenvalue weighted by atomic mass is 19.1. The molecule has 0 N–H and O–H groups in total. The minimum atomic E-state index is -0.687. The van der Waals surface area contributed by atoms with Crippen LogP contribution in [-0.2, 0) is 11.3 Å². The Morgan fingerprint density at radius 3 is 2.69 bits per heavy atom. The largest absolute Gasteiger partial charge is 0.484 e. The molecule has 7 nitrogen and oxygen atoms in total. The van der Waals surface area contributed by atoms with E-state index in [0.717, 1.165) is 25.1 Å². The molecule has 0 spiro atoms. The summed E-state index contributed by atoms with van der Waals surface area (Å²) in [5.41, 5.74) is -0.177. The monoisotopic (exact) mass is 445 g/mol. The SMILES string of the molecule is CC(C)(C)OC(=O)N1CCCCC1Oc1cc(COc2ccc(C#N)cc2F)ncc1F. The second-order valence-electron chi connectivity index (χ2n) is 8.39. The van der Waals surface area contributed by atoms with E-state index in [1.165, 1.54) is 23.1 Å². The van der Waals surface area contributed by atoms with Crippen molar-refractivity contribution in [2.75, 3.05) is 6.54 Å². The zero-order valence-electron chi connectivity index (χ0n) is 18.2. The summed E-state index contributed by atoms with van der Waals surface area (Å²) in [7, 11) is 0. The Hall–Kier alpha value is -3.41. The van der Waals surface area contributed by atoms with Crippen molar-refractivity contribution in [3.8, 4) is 17.6 Å². The summed E-state index contributed by atoms with van der Waals surface area (Å²) in [5, 5.41) is 8.81. The Morgan fingerprint density at radius 1 is 1.22 bits per heavy atom. The lowest BCUT2D eigenvalue weighted by Crippen LogP contribution is -2.48. The maximum Gasteiger partial charge on any atom is 0.413 e. The third kappa shape index (κ3) is 6.06. The Bertz CT molecular complexity index is 1020. The highest BCUT2D eigenvalue weighted by Crippen LogP contribution is 2.26. The van der Waals surface area contributed by atoms with Gasteiger partial charge in [-0.05, 0) is 51.8 Å². The molecule has 0 bridgehead atoms. The van der Waals surface area contributed by atoms with Crippen LogP contribution in [0.2, 0.25) is 0 Å². The Balaban J connectivity index is 1.71. The fourth-order valence-electron chi connectivity index (χ4n) is 3.17. The lowest BCUT2D eigenvalue weighted by molar-refractivity contribution is -0.0354. The van der Waals surface area contributed by atoms with Crippen molar-refractivity contribution in [3.05, 3.63) is 53.4 Å². The Kier molecular flexibility index (Phi) is 7.13. The van der Waals surface area contributed by atoms with Crippen LogP contribution in [0.5, 0.6) is 11.5 Å². The van der Waals surface area contributed by atoms with Crippen LogP contribution in [0.15, 0.2) is 30.5 Å². The number of nitrogens with zero attached hydrogens (tertiary/aromatic N) is 3. The van der Waals surface area contributed by atoms with Gasteiger partial charge >= 0.3 is 6.09 Å². The molecule has 1 aliphatic heterocycles. The Labute approximate surface area is 185 Å². The average molecular weight is 445 g/mol. The molecule has 2 aromatic rings. The maximum absolute atomic E-state index is 14.4. The van der Waals surface area contributed by atoms with Gasteiger partial charge in [-0.3, -0.25) is 9.88 Å². The molecule has 9 heteroatoms. The third-order valence-electron chi connectivity index (χ3n) is 4.65. The van der Waals surface area contributed by atoms with E-state index in [2.05, 4.69) is 4.98 Å². The predicted octanol–water partition coefficient (Wildman–Crippen LogP) is 4.94. The molecular formula is C23H25F2N3O4. The lowest BCUT2D eigenvalue weighted by Gasteiger charge is -2.36. The number of pyridine rings is 1. The Morgan fingerprint density at radius 2 is 2.00 bits per heavy atom. The minimum Gasteiger partial charge on any atom is -0.484 e. The molecule has 1 saturated heterocycles. The van der Waals surface area contributed by atoms with Crippen LogP contribution in [0, 0.1) is 23.0 Å². The molecule has 1 fully saturated rings. The zero-order valence-corrected chi connectivity index (χ0v) is 18.2. The van der Waals surface area contributed by atoms with E-state index in [1.54, 1.807) is 20.8 Å². The number of hydrogen-bond donors (Lipinski definition) is 0. The molecule has 1 unspecified atom stereocenters. The lowest BCUT2D eigenvalue weighted by atomic mass is 10.1. The van der Waals surface area contributed by atoms with Gasteiger partial charge in [-0.25, -0.2) is 13.6 Å². The van der Waals surface area contributed by atoms with Crippen LogP contribution in [0.4, 0.5) is 13.6 Å². The normalized spacial score (nSPS) is 16.2. The first-order chi connectivity index (χ1) is 15.2. The van der Waals surface area contributed by atoms with Crippen LogP contribution in [0.25, 0.3) is 0 Å². The average Bonchev–Trinajstić information content (AvgIpc) is 2.74. The molecule has 1 aromatic heterocycles. The first-order valence-electron chi connectivity index (χ1n) is 10.3. The van der Waals surface area contributed by atoms with Gasteiger partial charge in [-0.1, -0.05) is 0 Å². The number of carbonyl (C=O) groups excluding carboxylic acids is 1. The number of ether oxygens (including phenoxy) is 3. The first kappa shape index (κ1) is 23.3. The van der Waals surface area contributed by atoms with Crippen LogP contribution in [0.1, 0.15) is 51.3 Å². The van der Waals surface area contributed by atoms with E-state index in [4.69, 9.17) is 19.5 Å². The topological polar surface area (TPSA) is 84.7 Å². The van der Waals surface area contributed by atoms with Crippen molar-refractivity contribution in [1.29, 1.82) is 5.26 Å². The summed E-state index contributed by atoms with van der Waals surface area (Å²) in [4.78, 5) is 18.0. The van der Waals surface area contributed by atoms with Gasteiger partial charge in [0.25, 0.3) is 0 Å². The van der Waals surface area contributed by atoms with Crippen LogP contribution in [-0.4, -0.2) is 34.4 Å². The summed E-state index contributed by atoms with van der Waals surface area (Å²) in [6.07, 6.45) is 1.95. The number of halogens is 2. The summed E-state index contributed by atoms with van der Waals surface area (Å²) in [6, 6.07) is 7.04. The summed E-state index contributed by atoms with van der Waals surface area (Å²) in [5.74, 6) is -1.51. The third-order valence-corrected chi connectivity index (χ3v) is 4.65. The number of likely N-dealkylation sites (tertiary alicyclic amines) is 1. The fourth-order valence-corrected chi connectivity index (χ4v) is 3.17. The van der Waals surface area contributed by atoms with E-state index < -0.39 is 29.6 Å². The summed E-state index contributed by atoms with van der Waals surface area (Å²) >= 11 is 0. The minimum absolute atomic E-state index is 0.0547. The zero-order chi connectivity index (χ0) is 23.3. The predicted molar refractivity (Wildman–Crippen MR) is 111 cm³/mol. The van der Waals surface area contributed by atoms with Gasteiger partial charge in [0.1, 0.15) is 12.2 Å². The molecule has 1 amide bonds. The van der Waals surface area contributed by atoms with E-state index in [-0.39, 0.29) is 23.7 Å². The van der Waals surface area contributed by atoms with Crippen LogP contribution < -0.4 is 9.47 Å². The smallest absolute Gasteiger partial charge is 0.413 e. The molecule has 1 aromatic carbocycles. The van der Waals surface area contributed by atoms with Gasteiger partial charge in [-0.2, -0.15) is 5.26 Å². The standard InChI is InChI=1S/C23H25F2N3O4/c1-23(2,3)32-22(29)28-9-5-4-6-21(28)31-20-11-16(27-13-18(20)25)14-30-19-8-7-15(12-26)10-17(19)24/h7-8,10-11,13,21H,4-6,9,14H2,1-3H3. The van der Waals surface area contributed by atoms with Crippen molar-refractivity contribution < 1.29 is 27.8 Å². The van der Waals surface area contributed by atoms with Gasteiger partial charge in [0.05, 0.1) is 23.5 Å². The molecule has 0 aliphatic carbocycles. The number of aromatic nitrogens is 1. The number of piperidine rings is 1. The van der Waals surface area contributed by atoms with Crippen molar-refractivity contribution in [2.24, 2.45) is 0 Å². The molecule has 3 rings (SSSR count). The van der Waals surface area contributed by atoms with Gasteiger partial charge in [0, 0.05) is 19.0 Å². The molecule has 1 atom stereocenters. The molecule has 170 valence electrons. The molecule has 0 radical (unpaired) electrons. The second-order valence-corrected chi connectivity index (χ2v) is 8.39. The van der Waals surface area contributed by atoms with Crippen LogP contribution in [0.3, 0.4) is 0 Å². The highest BCUT2D eigenvalue weighted by molar-refractivity contribution is 5.68. The van der Waals surface area contributed by atoms with Gasteiger partial charge in [-0.15, -0.1) is 0 Å². The molecule has 2 heterocycles. The second kappa shape index (κ2) is 9.81. The van der Waals surface area contributed by atoms with Crippen molar-refractivity contribution in [3.63, 3.8) is 0 Å².